The lowest BCUT2D eigenvalue weighted by molar-refractivity contribution is 0.573. The standard InChI is InChI=1S/C13H17FN2O2S/c1-3-4-5-6-7-16-19(17,18)11-8-12(14)10(2)13(15)9-11/h1,8-9,16H,4-7,15H2,2H3. The number of nitrogens with two attached hydrogens (primary N) is 1. The van der Waals surface area contributed by atoms with Crippen molar-refractivity contribution < 1.29 is 12.8 Å². The fraction of sp³-hybridized carbons (Fsp3) is 0.385. The summed E-state index contributed by atoms with van der Waals surface area (Å²) in [6.07, 6.45) is 7.07. The van der Waals surface area contributed by atoms with E-state index in [1.807, 2.05) is 0 Å². The maximum absolute atomic E-state index is 13.5. The Morgan fingerprint density at radius 1 is 1.42 bits per heavy atom. The van der Waals surface area contributed by atoms with Gasteiger partial charge in [0.2, 0.25) is 10.0 Å². The van der Waals surface area contributed by atoms with Gasteiger partial charge in [-0.1, -0.05) is 0 Å². The van der Waals surface area contributed by atoms with Crippen molar-refractivity contribution in [1.29, 1.82) is 0 Å². The third-order valence-electron chi connectivity index (χ3n) is 2.71. The Morgan fingerprint density at radius 3 is 2.68 bits per heavy atom. The van der Waals surface area contributed by atoms with Gasteiger partial charge in [-0.3, -0.25) is 0 Å². The van der Waals surface area contributed by atoms with Crippen LogP contribution in [0, 0.1) is 25.1 Å². The van der Waals surface area contributed by atoms with E-state index in [1.165, 1.54) is 13.0 Å². The quantitative estimate of drug-likeness (QED) is 0.475. The van der Waals surface area contributed by atoms with Crippen molar-refractivity contribution in [2.75, 3.05) is 12.3 Å². The molecular weight excluding hydrogens is 267 g/mol. The van der Waals surface area contributed by atoms with Gasteiger partial charge in [-0.05, 0) is 31.9 Å². The van der Waals surface area contributed by atoms with Crippen LogP contribution < -0.4 is 10.5 Å². The Hall–Kier alpha value is -1.58. The summed E-state index contributed by atoms with van der Waals surface area (Å²) in [5, 5.41) is 0. The Balaban J connectivity index is 2.76. The number of sulfonamides is 1. The SMILES string of the molecule is C#CCCCCNS(=O)(=O)c1cc(N)c(C)c(F)c1. The molecule has 6 heteroatoms. The third-order valence-corrected chi connectivity index (χ3v) is 4.15. The average Bonchev–Trinajstić information content (AvgIpc) is 2.35. The highest BCUT2D eigenvalue weighted by Gasteiger charge is 2.16. The van der Waals surface area contributed by atoms with Crippen LogP contribution in [0.5, 0.6) is 0 Å². The summed E-state index contributed by atoms with van der Waals surface area (Å²) < 4.78 is 39.7. The van der Waals surface area contributed by atoms with Crippen LogP contribution in [-0.4, -0.2) is 15.0 Å². The van der Waals surface area contributed by atoms with E-state index in [4.69, 9.17) is 12.2 Å². The predicted octanol–water partition coefficient (Wildman–Crippen LogP) is 1.80. The minimum atomic E-state index is -3.73. The van der Waals surface area contributed by atoms with E-state index in [0.29, 0.717) is 12.8 Å². The molecular formula is C13H17FN2O2S. The number of unbranched alkanes of at least 4 members (excludes halogenated alkanes) is 2. The van der Waals surface area contributed by atoms with Crippen LogP contribution in [0.1, 0.15) is 24.8 Å². The number of hydrogen-bond donors (Lipinski definition) is 2. The first-order valence-corrected chi connectivity index (χ1v) is 7.35. The first kappa shape index (κ1) is 15.5. The number of rotatable bonds is 6. The van der Waals surface area contributed by atoms with Crippen LogP contribution in [-0.2, 0) is 10.0 Å². The summed E-state index contributed by atoms with van der Waals surface area (Å²) >= 11 is 0. The number of terminal acetylenes is 1. The molecule has 4 nitrogen and oxygen atoms in total. The summed E-state index contributed by atoms with van der Waals surface area (Å²) in [4.78, 5) is -0.162. The van der Waals surface area contributed by atoms with Gasteiger partial charge < -0.3 is 5.73 Å². The summed E-state index contributed by atoms with van der Waals surface area (Å²) in [5.74, 6) is 1.84. The molecule has 104 valence electrons. The largest absolute Gasteiger partial charge is 0.398 e. The van der Waals surface area contributed by atoms with Gasteiger partial charge in [-0.25, -0.2) is 17.5 Å². The molecule has 0 aliphatic carbocycles. The Morgan fingerprint density at radius 2 is 2.11 bits per heavy atom. The first-order chi connectivity index (χ1) is 8.88. The van der Waals surface area contributed by atoms with Crippen molar-refractivity contribution in [2.24, 2.45) is 0 Å². The van der Waals surface area contributed by atoms with Crippen LogP contribution in [0.4, 0.5) is 10.1 Å². The number of nitrogen functional groups attached to an aromatic ring is 1. The minimum absolute atomic E-state index is 0.118. The molecule has 0 amide bonds. The minimum Gasteiger partial charge on any atom is -0.398 e. The first-order valence-electron chi connectivity index (χ1n) is 5.87. The summed E-state index contributed by atoms with van der Waals surface area (Å²) in [6, 6.07) is 2.22. The maximum atomic E-state index is 13.5. The number of halogens is 1. The van der Waals surface area contributed by atoms with E-state index >= 15 is 0 Å². The number of benzene rings is 1. The molecule has 0 unspecified atom stereocenters. The van der Waals surface area contributed by atoms with Crippen LogP contribution in [0.3, 0.4) is 0 Å². The molecule has 0 atom stereocenters. The molecule has 0 aliphatic heterocycles. The van der Waals surface area contributed by atoms with Gasteiger partial charge in [-0.2, -0.15) is 0 Å². The number of nitrogens with one attached hydrogen (secondary N) is 1. The Labute approximate surface area is 113 Å². The molecule has 1 aromatic carbocycles. The van der Waals surface area contributed by atoms with Crippen LogP contribution in [0.25, 0.3) is 0 Å². The van der Waals surface area contributed by atoms with Gasteiger partial charge >= 0.3 is 0 Å². The molecule has 1 rings (SSSR count). The van der Waals surface area contributed by atoms with Crippen LogP contribution >= 0.6 is 0 Å². The van der Waals surface area contributed by atoms with Crippen molar-refractivity contribution in [2.45, 2.75) is 31.1 Å². The third kappa shape index (κ3) is 4.23. The fourth-order valence-corrected chi connectivity index (χ4v) is 2.59. The Kier molecular flexibility index (Phi) is 5.33. The van der Waals surface area contributed by atoms with Crippen molar-refractivity contribution in [3.8, 4) is 12.3 Å². The van der Waals surface area contributed by atoms with Gasteiger partial charge in [0, 0.05) is 24.2 Å². The van der Waals surface area contributed by atoms with Gasteiger partial charge in [0.15, 0.2) is 0 Å². The van der Waals surface area contributed by atoms with E-state index in [9.17, 15) is 12.8 Å². The molecule has 0 fully saturated rings. The van der Waals surface area contributed by atoms with E-state index in [1.54, 1.807) is 0 Å². The van der Waals surface area contributed by atoms with Gasteiger partial charge in [0.05, 0.1) is 4.90 Å². The lowest BCUT2D eigenvalue weighted by Crippen LogP contribution is -2.25. The smallest absolute Gasteiger partial charge is 0.240 e. The summed E-state index contributed by atoms with van der Waals surface area (Å²) in [5.41, 5.74) is 5.92. The molecule has 0 radical (unpaired) electrons. The molecule has 0 saturated heterocycles. The lowest BCUT2D eigenvalue weighted by Gasteiger charge is -2.09. The molecule has 3 N–H and O–H groups in total. The molecule has 0 aliphatic rings. The topological polar surface area (TPSA) is 72.2 Å². The second-order valence-corrected chi connectivity index (χ2v) is 5.95. The zero-order chi connectivity index (χ0) is 14.5. The molecule has 0 heterocycles. The fourth-order valence-electron chi connectivity index (χ4n) is 1.47. The molecule has 19 heavy (non-hydrogen) atoms. The monoisotopic (exact) mass is 284 g/mol. The van der Waals surface area contributed by atoms with E-state index < -0.39 is 15.8 Å². The highest BCUT2D eigenvalue weighted by atomic mass is 32.2. The van der Waals surface area contributed by atoms with Crippen LogP contribution in [0.2, 0.25) is 0 Å². The number of anilines is 1. The van der Waals surface area contributed by atoms with Crippen LogP contribution in [0.15, 0.2) is 17.0 Å². The Bertz CT molecular complexity index is 568. The van der Waals surface area contributed by atoms with Crippen molar-refractivity contribution in [1.82, 2.24) is 4.72 Å². The second-order valence-electron chi connectivity index (χ2n) is 4.18. The molecule has 1 aromatic rings. The average molecular weight is 284 g/mol. The van der Waals surface area contributed by atoms with Crippen molar-refractivity contribution in [3.63, 3.8) is 0 Å². The van der Waals surface area contributed by atoms with E-state index in [-0.39, 0.29) is 22.7 Å². The summed E-state index contributed by atoms with van der Waals surface area (Å²) in [6.45, 7) is 1.76. The van der Waals surface area contributed by atoms with Crippen molar-refractivity contribution >= 4 is 15.7 Å². The lowest BCUT2D eigenvalue weighted by atomic mass is 10.2. The van der Waals surface area contributed by atoms with E-state index in [0.717, 1.165) is 12.5 Å². The second kappa shape index (κ2) is 6.55. The highest BCUT2D eigenvalue weighted by Crippen LogP contribution is 2.20. The zero-order valence-corrected chi connectivity index (χ0v) is 11.6. The molecule has 0 saturated carbocycles. The zero-order valence-electron chi connectivity index (χ0n) is 10.7. The highest BCUT2D eigenvalue weighted by molar-refractivity contribution is 7.89. The van der Waals surface area contributed by atoms with Gasteiger partial charge in [-0.15, -0.1) is 12.3 Å². The molecule has 0 bridgehead atoms. The van der Waals surface area contributed by atoms with Gasteiger partial charge in [0.1, 0.15) is 5.82 Å². The summed E-state index contributed by atoms with van der Waals surface area (Å²) in [7, 11) is -3.73. The van der Waals surface area contributed by atoms with Gasteiger partial charge in [0.25, 0.3) is 0 Å². The van der Waals surface area contributed by atoms with Crippen molar-refractivity contribution in [3.05, 3.63) is 23.5 Å². The maximum Gasteiger partial charge on any atom is 0.240 e. The number of hydrogen-bond acceptors (Lipinski definition) is 3. The predicted molar refractivity (Wildman–Crippen MR) is 73.4 cm³/mol. The normalized spacial score (nSPS) is 11.2. The molecule has 0 spiro atoms. The van der Waals surface area contributed by atoms with E-state index in [2.05, 4.69) is 10.6 Å². The molecule has 0 aromatic heterocycles.